The minimum Gasteiger partial charge on any atom is -0.490 e. The van der Waals surface area contributed by atoms with Gasteiger partial charge in [-0.3, -0.25) is 0 Å². The largest absolute Gasteiger partial charge is 0.490 e. The molecule has 1 unspecified atom stereocenters. The maximum absolute atomic E-state index is 10.4. The van der Waals surface area contributed by atoms with Gasteiger partial charge in [-0.25, -0.2) is 0 Å². The van der Waals surface area contributed by atoms with Crippen LogP contribution in [0.4, 0.5) is 0 Å². The first-order valence-electron chi connectivity index (χ1n) is 9.47. The van der Waals surface area contributed by atoms with Gasteiger partial charge in [-0.15, -0.1) is 12.4 Å². The molecule has 1 aliphatic rings. The summed E-state index contributed by atoms with van der Waals surface area (Å²) in [5.41, 5.74) is 2.19. The molecule has 5 heteroatoms. The van der Waals surface area contributed by atoms with Crippen LogP contribution in [-0.2, 0) is 0 Å². The number of aliphatic hydroxyl groups excluding tert-OH is 1. The van der Waals surface area contributed by atoms with E-state index >= 15 is 0 Å². The molecular weight excluding hydrogens is 360 g/mol. The van der Waals surface area contributed by atoms with Crippen molar-refractivity contribution in [1.29, 1.82) is 0 Å². The second kappa shape index (κ2) is 10.7. The normalized spacial score (nSPS) is 16.7. The van der Waals surface area contributed by atoms with E-state index in [0.29, 0.717) is 19.2 Å². The number of nitrogens with zero attached hydrogens (tertiary/aromatic N) is 2. The Morgan fingerprint density at radius 2 is 1.70 bits per heavy atom. The average Bonchev–Trinajstić information content (AvgIpc) is 2.68. The minimum atomic E-state index is -0.497. The van der Waals surface area contributed by atoms with Crippen LogP contribution in [0.15, 0.2) is 54.6 Å². The first-order chi connectivity index (χ1) is 12.6. The van der Waals surface area contributed by atoms with Gasteiger partial charge in [0.25, 0.3) is 0 Å². The van der Waals surface area contributed by atoms with Gasteiger partial charge in [-0.2, -0.15) is 0 Å². The zero-order valence-electron chi connectivity index (χ0n) is 16.3. The Morgan fingerprint density at radius 1 is 1.07 bits per heavy atom. The van der Waals surface area contributed by atoms with E-state index in [1.54, 1.807) is 0 Å². The minimum absolute atomic E-state index is 0. The van der Waals surface area contributed by atoms with Crippen molar-refractivity contribution < 1.29 is 9.84 Å². The van der Waals surface area contributed by atoms with Gasteiger partial charge in [0.05, 0.1) is 0 Å². The number of aliphatic hydroxyl groups is 1. The Morgan fingerprint density at radius 3 is 2.41 bits per heavy atom. The Hall–Kier alpha value is -1.59. The molecule has 0 aromatic heterocycles. The van der Waals surface area contributed by atoms with Gasteiger partial charge in [-0.1, -0.05) is 48.5 Å². The number of likely N-dealkylation sites (tertiary alicyclic amines) is 1. The fourth-order valence-electron chi connectivity index (χ4n) is 3.60. The number of hydrogen-bond acceptors (Lipinski definition) is 4. The number of rotatable bonds is 7. The molecule has 2 aromatic rings. The van der Waals surface area contributed by atoms with Crippen LogP contribution in [0.5, 0.6) is 5.75 Å². The van der Waals surface area contributed by atoms with Gasteiger partial charge in [0, 0.05) is 18.2 Å². The van der Waals surface area contributed by atoms with Crippen LogP contribution in [0.25, 0.3) is 11.1 Å². The third-order valence-corrected chi connectivity index (χ3v) is 5.21. The van der Waals surface area contributed by atoms with Gasteiger partial charge in [0.1, 0.15) is 18.5 Å². The fourth-order valence-corrected chi connectivity index (χ4v) is 3.60. The van der Waals surface area contributed by atoms with E-state index in [1.165, 1.54) is 0 Å². The first kappa shape index (κ1) is 21.7. The van der Waals surface area contributed by atoms with Gasteiger partial charge >= 0.3 is 0 Å². The van der Waals surface area contributed by atoms with Crippen LogP contribution < -0.4 is 4.74 Å². The first-order valence-corrected chi connectivity index (χ1v) is 9.47. The molecule has 0 saturated carbocycles. The summed E-state index contributed by atoms with van der Waals surface area (Å²) in [5.74, 6) is 0.819. The Bertz CT molecular complexity index is 675. The maximum atomic E-state index is 10.4. The number of benzene rings is 2. The molecule has 1 aliphatic heterocycles. The van der Waals surface area contributed by atoms with E-state index in [1.807, 2.05) is 36.4 Å². The van der Waals surface area contributed by atoms with Crippen molar-refractivity contribution in [3.8, 4) is 16.9 Å². The lowest BCUT2D eigenvalue weighted by Crippen LogP contribution is -2.45. The molecule has 1 atom stereocenters. The zero-order chi connectivity index (χ0) is 18.4. The highest BCUT2D eigenvalue weighted by atomic mass is 35.5. The third-order valence-electron chi connectivity index (χ3n) is 5.21. The van der Waals surface area contributed by atoms with Gasteiger partial charge < -0.3 is 19.6 Å². The number of hydrogen-bond donors (Lipinski definition) is 1. The summed E-state index contributed by atoms with van der Waals surface area (Å²) >= 11 is 0. The Kier molecular flexibility index (Phi) is 8.58. The summed E-state index contributed by atoms with van der Waals surface area (Å²) < 4.78 is 5.97. The second-order valence-corrected chi connectivity index (χ2v) is 7.30. The summed E-state index contributed by atoms with van der Waals surface area (Å²) in [6.07, 6.45) is 1.83. The van der Waals surface area contributed by atoms with Gasteiger partial charge in [-0.05, 0) is 51.7 Å². The zero-order valence-corrected chi connectivity index (χ0v) is 17.1. The third kappa shape index (κ3) is 6.22. The highest BCUT2D eigenvalue weighted by molar-refractivity contribution is 5.85. The molecule has 0 aliphatic carbocycles. The number of para-hydroxylation sites is 1. The smallest absolute Gasteiger partial charge is 0.127 e. The van der Waals surface area contributed by atoms with Crippen molar-refractivity contribution in [1.82, 2.24) is 9.80 Å². The number of likely N-dealkylation sites (N-methyl/N-ethyl adjacent to an activating group) is 1. The molecule has 4 nitrogen and oxygen atoms in total. The molecule has 148 valence electrons. The maximum Gasteiger partial charge on any atom is 0.127 e. The molecule has 0 bridgehead atoms. The lowest BCUT2D eigenvalue weighted by Gasteiger charge is -2.35. The summed E-state index contributed by atoms with van der Waals surface area (Å²) in [6, 6.07) is 18.8. The lowest BCUT2D eigenvalue weighted by molar-refractivity contribution is 0.0500. The van der Waals surface area contributed by atoms with Crippen LogP contribution in [-0.4, -0.2) is 67.4 Å². The van der Waals surface area contributed by atoms with E-state index in [-0.39, 0.29) is 12.4 Å². The predicted molar refractivity (Wildman–Crippen MR) is 114 cm³/mol. The highest BCUT2D eigenvalue weighted by Gasteiger charge is 2.22. The molecule has 3 rings (SSSR count). The van der Waals surface area contributed by atoms with Crippen molar-refractivity contribution in [3.63, 3.8) is 0 Å². The summed E-state index contributed by atoms with van der Waals surface area (Å²) in [6.45, 7) is 3.21. The van der Waals surface area contributed by atoms with Crippen molar-refractivity contribution in [2.24, 2.45) is 0 Å². The van der Waals surface area contributed by atoms with E-state index in [9.17, 15) is 5.11 Å². The molecule has 0 spiro atoms. The molecule has 27 heavy (non-hydrogen) atoms. The average molecular weight is 391 g/mol. The van der Waals surface area contributed by atoms with Crippen LogP contribution >= 0.6 is 12.4 Å². The van der Waals surface area contributed by atoms with Gasteiger partial charge in [0.2, 0.25) is 0 Å². The van der Waals surface area contributed by atoms with Crippen molar-refractivity contribution in [3.05, 3.63) is 54.6 Å². The van der Waals surface area contributed by atoms with Crippen LogP contribution in [0.2, 0.25) is 0 Å². The monoisotopic (exact) mass is 390 g/mol. The molecule has 0 radical (unpaired) electrons. The van der Waals surface area contributed by atoms with Crippen LogP contribution in [0.3, 0.4) is 0 Å². The van der Waals surface area contributed by atoms with Crippen LogP contribution in [0, 0.1) is 0 Å². The number of piperidine rings is 1. The van der Waals surface area contributed by atoms with Crippen molar-refractivity contribution in [2.75, 3.05) is 40.3 Å². The molecule has 1 fully saturated rings. The molecule has 0 amide bonds. The topological polar surface area (TPSA) is 35.9 Å². The van der Waals surface area contributed by atoms with Crippen molar-refractivity contribution in [2.45, 2.75) is 25.0 Å². The van der Waals surface area contributed by atoms with E-state index in [0.717, 1.165) is 42.8 Å². The summed E-state index contributed by atoms with van der Waals surface area (Å²) in [7, 11) is 4.28. The Labute approximate surface area is 169 Å². The molecule has 1 N–H and O–H groups in total. The molecule has 2 aromatic carbocycles. The quantitative estimate of drug-likeness (QED) is 0.784. The summed E-state index contributed by atoms with van der Waals surface area (Å²) in [5, 5.41) is 10.4. The van der Waals surface area contributed by atoms with Crippen molar-refractivity contribution >= 4 is 12.4 Å². The standard InChI is InChI=1S/C22H30N2O2.ClH/c1-23-14-12-19(13-15-23)24(2)16-20(25)17-26-22-11-7-6-10-21(22)18-8-4-3-5-9-18;/h3-11,19-20,25H,12-17H2,1-2H3;1H. The van der Waals surface area contributed by atoms with E-state index in [2.05, 4.69) is 42.1 Å². The van der Waals surface area contributed by atoms with E-state index in [4.69, 9.17) is 4.74 Å². The Balaban J connectivity index is 0.00000261. The summed E-state index contributed by atoms with van der Waals surface area (Å²) in [4.78, 5) is 4.65. The second-order valence-electron chi connectivity index (χ2n) is 7.30. The lowest BCUT2D eigenvalue weighted by atomic mass is 10.0. The molecule has 1 saturated heterocycles. The van der Waals surface area contributed by atoms with Gasteiger partial charge in [0.15, 0.2) is 0 Å². The SMILES string of the molecule is CN1CCC(N(C)CC(O)COc2ccccc2-c2ccccc2)CC1.Cl. The number of halogens is 1. The molecule has 1 heterocycles. The molecular formula is C22H31ClN2O2. The highest BCUT2D eigenvalue weighted by Crippen LogP contribution is 2.29. The number of ether oxygens (including phenoxy) is 1. The predicted octanol–water partition coefficient (Wildman–Crippen LogP) is 3.54. The van der Waals surface area contributed by atoms with E-state index < -0.39 is 6.10 Å². The van der Waals surface area contributed by atoms with Crippen LogP contribution in [0.1, 0.15) is 12.8 Å². The fraction of sp³-hybridized carbons (Fsp3) is 0.455.